The molecule has 1 aliphatic rings. The number of carbonyl (C=O) groups excluding carboxylic acids is 2. The Morgan fingerprint density at radius 1 is 1.10 bits per heavy atom. The highest BCUT2D eigenvalue weighted by molar-refractivity contribution is 7.92. The number of hydrogen-bond acceptors (Lipinski definition) is 6. The predicted molar refractivity (Wildman–Crippen MR) is 72.8 cm³/mol. The van der Waals surface area contributed by atoms with Crippen LogP contribution in [0, 0.1) is 5.41 Å². The highest BCUT2D eigenvalue weighted by atomic mass is 32.2. The minimum absolute atomic E-state index is 0.000598. The van der Waals surface area contributed by atoms with E-state index in [1.165, 1.54) is 0 Å². The standard InChI is InChI=1S/C13H22O6S/c1-4-18-11(14)13(12(15)19-5-2)8-7-10(9-13)20(16,17)6-3/h10H,4-9H2,1-3H3/t10-/m0/s1. The van der Waals surface area contributed by atoms with Gasteiger partial charge in [0.15, 0.2) is 15.3 Å². The van der Waals surface area contributed by atoms with Crippen molar-refractivity contribution in [2.75, 3.05) is 19.0 Å². The van der Waals surface area contributed by atoms with Crippen LogP contribution in [-0.4, -0.2) is 44.6 Å². The Morgan fingerprint density at radius 2 is 1.60 bits per heavy atom. The molecule has 0 aromatic rings. The molecule has 6 nitrogen and oxygen atoms in total. The van der Waals surface area contributed by atoms with Gasteiger partial charge in [0.1, 0.15) is 0 Å². The van der Waals surface area contributed by atoms with Crippen molar-refractivity contribution in [3.8, 4) is 0 Å². The molecule has 1 atom stereocenters. The van der Waals surface area contributed by atoms with Crippen LogP contribution in [0.1, 0.15) is 40.0 Å². The zero-order valence-electron chi connectivity index (χ0n) is 12.2. The summed E-state index contributed by atoms with van der Waals surface area (Å²) < 4.78 is 33.8. The van der Waals surface area contributed by atoms with E-state index in [-0.39, 0.29) is 38.2 Å². The van der Waals surface area contributed by atoms with E-state index in [0.29, 0.717) is 0 Å². The average molecular weight is 306 g/mol. The monoisotopic (exact) mass is 306 g/mol. The Balaban J connectivity index is 3.04. The fourth-order valence-electron chi connectivity index (χ4n) is 2.54. The van der Waals surface area contributed by atoms with E-state index in [2.05, 4.69) is 0 Å². The summed E-state index contributed by atoms with van der Waals surface area (Å²) in [5.41, 5.74) is -1.46. The minimum atomic E-state index is -3.28. The van der Waals surface area contributed by atoms with Crippen molar-refractivity contribution in [1.82, 2.24) is 0 Å². The summed E-state index contributed by atoms with van der Waals surface area (Å²) in [6, 6.07) is 0. The molecule has 0 heterocycles. The molecule has 0 saturated heterocycles. The number of rotatable bonds is 6. The summed E-state index contributed by atoms with van der Waals surface area (Å²) in [6.45, 7) is 5.14. The highest BCUT2D eigenvalue weighted by Gasteiger charge is 2.56. The second-order valence-corrected chi connectivity index (χ2v) is 7.41. The predicted octanol–water partition coefficient (Wildman–Crippen LogP) is 1.09. The topological polar surface area (TPSA) is 86.7 Å². The van der Waals surface area contributed by atoms with Gasteiger partial charge in [0.25, 0.3) is 0 Å². The van der Waals surface area contributed by atoms with Crippen LogP contribution in [0.2, 0.25) is 0 Å². The number of carbonyl (C=O) groups is 2. The molecule has 0 aromatic carbocycles. The number of hydrogen-bond donors (Lipinski definition) is 0. The first-order chi connectivity index (χ1) is 9.34. The molecule has 0 spiro atoms. The first-order valence-corrected chi connectivity index (χ1v) is 8.61. The Bertz CT molecular complexity index is 449. The number of ether oxygens (including phenoxy) is 2. The fraction of sp³-hybridized carbons (Fsp3) is 0.846. The van der Waals surface area contributed by atoms with Crippen molar-refractivity contribution in [2.24, 2.45) is 5.41 Å². The maximum Gasteiger partial charge on any atom is 0.323 e. The van der Waals surface area contributed by atoms with E-state index in [4.69, 9.17) is 9.47 Å². The van der Waals surface area contributed by atoms with E-state index < -0.39 is 32.4 Å². The molecular weight excluding hydrogens is 284 g/mol. The third-order valence-electron chi connectivity index (χ3n) is 3.71. The molecule has 116 valence electrons. The molecule has 0 aliphatic heterocycles. The van der Waals surface area contributed by atoms with E-state index >= 15 is 0 Å². The third kappa shape index (κ3) is 3.13. The van der Waals surface area contributed by atoms with Gasteiger partial charge in [-0.05, 0) is 33.1 Å². The van der Waals surface area contributed by atoms with Crippen molar-refractivity contribution in [1.29, 1.82) is 0 Å². The highest BCUT2D eigenvalue weighted by Crippen LogP contribution is 2.43. The first kappa shape index (κ1) is 16.9. The van der Waals surface area contributed by atoms with Crippen LogP contribution < -0.4 is 0 Å². The lowest BCUT2D eigenvalue weighted by Crippen LogP contribution is -2.41. The van der Waals surface area contributed by atoms with Gasteiger partial charge in [-0.2, -0.15) is 0 Å². The molecule has 0 bridgehead atoms. The maximum absolute atomic E-state index is 12.1. The number of sulfone groups is 1. The largest absolute Gasteiger partial charge is 0.465 e. The van der Waals surface area contributed by atoms with Gasteiger partial charge >= 0.3 is 11.9 Å². The fourth-order valence-corrected chi connectivity index (χ4v) is 4.02. The average Bonchev–Trinajstić information content (AvgIpc) is 2.86. The molecule has 1 fully saturated rings. The van der Waals surface area contributed by atoms with E-state index in [0.717, 1.165) is 0 Å². The molecule has 1 aliphatic carbocycles. The van der Waals surface area contributed by atoms with Gasteiger partial charge in [-0.1, -0.05) is 6.92 Å². The second-order valence-electron chi connectivity index (χ2n) is 4.84. The normalized spacial score (nSPS) is 21.4. The van der Waals surface area contributed by atoms with Crippen LogP contribution in [0.5, 0.6) is 0 Å². The lowest BCUT2D eigenvalue weighted by atomic mass is 9.86. The van der Waals surface area contributed by atoms with Crippen LogP contribution in [-0.2, 0) is 28.9 Å². The smallest absolute Gasteiger partial charge is 0.323 e. The summed E-state index contributed by atoms with van der Waals surface area (Å²) in [5, 5.41) is -0.679. The van der Waals surface area contributed by atoms with Crippen LogP contribution in [0.25, 0.3) is 0 Å². The molecule has 0 N–H and O–H groups in total. The lowest BCUT2D eigenvalue weighted by molar-refractivity contribution is -0.171. The molecule has 0 aromatic heterocycles. The van der Waals surface area contributed by atoms with Gasteiger partial charge in [0.05, 0.1) is 18.5 Å². The van der Waals surface area contributed by atoms with Gasteiger partial charge in [0.2, 0.25) is 0 Å². The summed E-state index contributed by atoms with van der Waals surface area (Å²) in [6.07, 6.45) is 0.406. The van der Waals surface area contributed by atoms with Crippen LogP contribution in [0.3, 0.4) is 0 Å². The van der Waals surface area contributed by atoms with E-state index in [1.807, 2.05) is 0 Å². The Labute approximate surface area is 119 Å². The van der Waals surface area contributed by atoms with Gasteiger partial charge in [-0.25, -0.2) is 8.42 Å². The van der Waals surface area contributed by atoms with Crippen molar-refractivity contribution >= 4 is 21.8 Å². The molecule has 20 heavy (non-hydrogen) atoms. The van der Waals surface area contributed by atoms with Crippen molar-refractivity contribution in [3.05, 3.63) is 0 Å². The Kier molecular flexibility index (Phi) is 5.56. The number of esters is 2. The lowest BCUT2D eigenvalue weighted by Gasteiger charge is -2.24. The van der Waals surface area contributed by atoms with Gasteiger partial charge in [-0.3, -0.25) is 9.59 Å². The van der Waals surface area contributed by atoms with Crippen molar-refractivity contribution in [3.63, 3.8) is 0 Å². The second kappa shape index (κ2) is 6.56. The molecule has 0 amide bonds. The Hall–Kier alpha value is -1.11. The third-order valence-corrected chi connectivity index (χ3v) is 5.93. The van der Waals surface area contributed by atoms with Crippen molar-refractivity contribution < 1.29 is 27.5 Å². The van der Waals surface area contributed by atoms with Crippen LogP contribution >= 0.6 is 0 Å². The van der Waals surface area contributed by atoms with Gasteiger partial charge in [-0.15, -0.1) is 0 Å². The van der Waals surface area contributed by atoms with Crippen LogP contribution in [0.4, 0.5) is 0 Å². The quantitative estimate of drug-likeness (QED) is 0.539. The van der Waals surface area contributed by atoms with E-state index in [9.17, 15) is 18.0 Å². The summed E-state index contributed by atoms with van der Waals surface area (Å²) >= 11 is 0. The molecule has 1 rings (SSSR count). The zero-order valence-corrected chi connectivity index (χ0v) is 13.0. The van der Waals surface area contributed by atoms with Crippen LogP contribution in [0.15, 0.2) is 0 Å². The van der Waals surface area contributed by atoms with E-state index in [1.54, 1.807) is 20.8 Å². The van der Waals surface area contributed by atoms with Gasteiger partial charge in [0, 0.05) is 5.75 Å². The first-order valence-electron chi connectivity index (χ1n) is 6.90. The Morgan fingerprint density at radius 3 is 2.00 bits per heavy atom. The summed E-state index contributed by atoms with van der Waals surface area (Å²) in [4.78, 5) is 24.3. The molecular formula is C13H22O6S. The molecule has 0 unspecified atom stereocenters. The van der Waals surface area contributed by atoms with Crippen molar-refractivity contribution in [2.45, 2.75) is 45.3 Å². The molecule has 1 saturated carbocycles. The zero-order chi connectivity index (χ0) is 15.4. The van der Waals surface area contributed by atoms with Gasteiger partial charge < -0.3 is 9.47 Å². The summed E-state index contributed by atoms with van der Waals surface area (Å²) in [5.74, 6) is -1.35. The minimum Gasteiger partial charge on any atom is -0.465 e. The molecule has 0 radical (unpaired) electrons. The SMILES string of the molecule is CCOC(=O)C1(C(=O)OCC)CC[C@H](S(=O)(=O)CC)C1. The molecule has 7 heteroatoms. The summed E-state index contributed by atoms with van der Waals surface area (Å²) in [7, 11) is -3.28. The maximum atomic E-state index is 12.1.